The molecule has 12 heteroatoms. The van der Waals surface area contributed by atoms with Gasteiger partial charge in [-0.25, -0.2) is 9.78 Å². The highest BCUT2D eigenvalue weighted by Gasteiger charge is 2.16. The third-order valence-electron chi connectivity index (χ3n) is 4.51. The molecule has 4 aromatic rings. The van der Waals surface area contributed by atoms with Gasteiger partial charge in [-0.3, -0.25) is 9.36 Å². The number of thiazole rings is 1. The molecule has 0 aliphatic rings. The van der Waals surface area contributed by atoms with E-state index in [1.807, 2.05) is 24.3 Å². The van der Waals surface area contributed by atoms with Crippen LogP contribution in [0.15, 0.2) is 47.6 Å². The van der Waals surface area contributed by atoms with Crippen molar-refractivity contribution in [2.75, 3.05) is 17.7 Å². The van der Waals surface area contributed by atoms with Gasteiger partial charge in [0.25, 0.3) is 0 Å². The molecular weight excluding hydrogens is 484 g/mol. The van der Waals surface area contributed by atoms with Crippen LogP contribution in [-0.4, -0.2) is 38.2 Å². The molecule has 2 heterocycles. The van der Waals surface area contributed by atoms with Crippen LogP contribution in [0.25, 0.3) is 10.2 Å². The number of benzene rings is 2. The van der Waals surface area contributed by atoms with Crippen molar-refractivity contribution in [3.8, 4) is 0 Å². The van der Waals surface area contributed by atoms with Crippen LogP contribution in [0.3, 0.4) is 0 Å². The van der Waals surface area contributed by atoms with Crippen LogP contribution in [0.4, 0.5) is 11.1 Å². The molecule has 0 aliphatic heterocycles. The number of carbonyl (C=O) groups is 2. The summed E-state index contributed by atoms with van der Waals surface area (Å²) >= 11 is 8.90. The summed E-state index contributed by atoms with van der Waals surface area (Å²) in [6, 6.07) is 12.6. The molecule has 0 saturated heterocycles. The number of ether oxygens (including phenoxy) is 1. The van der Waals surface area contributed by atoms with E-state index in [9.17, 15) is 9.59 Å². The summed E-state index contributed by atoms with van der Waals surface area (Å²) in [6.45, 7) is 1.96. The zero-order valence-corrected chi connectivity index (χ0v) is 19.8. The molecule has 3 N–H and O–H groups in total. The second-order valence-electron chi connectivity index (χ2n) is 6.78. The third kappa shape index (κ3) is 5.44. The molecule has 2 aromatic carbocycles. The Labute approximate surface area is 202 Å². The highest BCUT2D eigenvalue weighted by molar-refractivity contribution is 7.98. The van der Waals surface area contributed by atoms with E-state index in [1.165, 1.54) is 27.7 Å². The summed E-state index contributed by atoms with van der Waals surface area (Å²) in [6.07, 6.45) is 0. The van der Waals surface area contributed by atoms with Crippen molar-refractivity contribution < 1.29 is 14.3 Å². The summed E-state index contributed by atoms with van der Waals surface area (Å²) in [7, 11) is 0. The molecule has 0 bridgehead atoms. The molecule has 0 aliphatic carbocycles. The average molecular weight is 503 g/mol. The van der Waals surface area contributed by atoms with Crippen LogP contribution >= 0.6 is 34.7 Å². The quantitative estimate of drug-likeness (QED) is 0.271. The van der Waals surface area contributed by atoms with Gasteiger partial charge >= 0.3 is 5.97 Å². The molecule has 0 fully saturated rings. The molecule has 170 valence electrons. The van der Waals surface area contributed by atoms with Crippen molar-refractivity contribution in [3.05, 3.63) is 58.6 Å². The third-order valence-corrected chi connectivity index (χ3v) is 6.84. The van der Waals surface area contributed by atoms with Gasteiger partial charge in [-0.2, -0.15) is 0 Å². The smallest absolute Gasteiger partial charge is 0.338 e. The van der Waals surface area contributed by atoms with E-state index in [-0.39, 0.29) is 18.4 Å². The first-order chi connectivity index (χ1) is 15.9. The Morgan fingerprint density at radius 1 is 1.24 bits per heavy atom. The van der Waals surface area contributed by atoms with E-state index >= 15 is 0 Å². The number of anilines is 2. The summed E-state index contributed by atoms with van der Waals surface area (Å²) < 4.78 is 7.38. The number of rotatable bonds is 8. The summed E-state index contributed by atoms with van der Waals surface area (Å²) in [4.78, 5) is 29.0. The SMILES string of the molecule is CCOC(=O)c1ccc2sc(NC(=O)Cn3c(N)nnc3SCc3ccccc3Cl)nc2c1. The Hall–Kier alpha value is -3.15. The highest BCUT2D eigenvalue weighted by Crippen LogP contribution is 2.28. The maximum atomic E-state index is 12.7. The Kier molecular flexibility index (Phi) is 7.11. The maximum Gasteiger partial charge on any atom is 0.338 e. The molecule has 0 atom stereocenters. The van der Waals surface area contributed by atoms with Crippen molar-refractivity contribution in [1.82, 2.24) is 19.7 Å². The lowest BCUT2D eigenvalue weighted by atomic mass is 10.2. The van der Waals surface area contributed by atoms with Gasteiger partial charge in [0, 0.05) is 10.8 Å². The van der Waals surface area contributed by atoms with Crippen LogP contribution in [0.5, 0.6) is 0 Å². The van der Waals surface area contributed by atoms with E-state index in [4.69, 9.17) is 22.1 Å². The van der Waals surface area contributed by atoms with Gasteiger partial charge in [-0.05, 0) is 36.8 Å². The first-order valence-corrected chi connectivity index (χ1v) is 12.0. The number of thioether (sulfide) groups is 1. The predicted molar refractivity (Wildman–Crippen MR) is 130 cm³/mol. The van der Waals surface area contributed by atoms with E-state index in [0.29, 0.717) is 38.8 Å². The standard InChI is InChI=1S/C21H19ClN6O3S2/c1-2-31-18(30)12-7-8-16-15(9-12)24-20(33-16)25-17(29)10-28-19(23)26-27-21(28)32-11-13-5-3-4-6-14(13)22/h3-9H,2,10-11H2,1H3,(H2,23,26)(H,24,25,29). The van der Waals surface area contributed by atoms with Gasteiger partial charge < -0.3 is 15.8 Å². The molecule has 0 spiro atoms. The summed E-state index contributed by atoms with van der Waals surface area (Å²) in [5.41, 5.74) is 7.87. The summed E-state index contributed by atoms with van der Waals surface area (Å²) in [5, 5.41) is 12.3. The van der Waals surface area contributed by atoms with E-state index in [0.717, 1.165) is 10.3 Å². The van der Waals surface area contributed by atoms with E-state index < -0.39 is 5.97 Å². The van der Waals surface area contributed by atoms with Crippen LogP contribution in [0.1, 0.15) is 22.8 Å². The van der Waals surface area contributed by atoms with Gasteiger partial charge in [0.2, 0.25) is 11.9 Å². The number of nitrogens with two attached hydrogens (primary N) is 1. The number of hydrogen-bond acceptors (Lipinski definition) is 9. The number of carbonyl (C=O) groups excluding carboxylic acids is 2. The van der Waals surface area contributed by atoms with E-state index in [1.54, 1.807) is 25.1 Å². The number of fused-ring (bicyclic) bond motifs is 1. The zero-order valence-electron chi connectivity index (χ0n) is 17.4. The molecule has 4 rings (SSSR count). The molecule has 9 nitrogen and oxygen atoms in total. The molecule has 1 amide bonds. The Bertz CT molecular complexity index is 1320. The van der Waals surface area contributed by atoms with Crippen molar-refractivity contribution in [1.29, 1.82) is 0 Å². The topological polar surface area (TPSA) is 125 Å². The predicted octanol–water partition coefficient (Wildman–Crippen LogP) is 4.23. The van der Waals surface area contributed by atoms with Gasteiger partial charge in [-0.1, -0.05) is 52.9 Å². The van der Waals surface area contributed by atoms with Crippen LogP contribution in [0.2, 0.25) is 5.02 Å². The number of nitrogens with one attached hydrogen (secondary N) is 1. The average Bonchev–Trinajstić information content (AvgIpc) is 3.35. The Morgan fingerprint density at radius 3 is 2.85 bits per heavy atom. The molecule has 0 radical (unpaired) electrons. The zero-order chi connectivity index (χ0) is 23.4. The van der Waals surface area contributed by atoms with Crippen molar-refractivity contribution in [3.63, 3.8) is 0 Å². The lowest BCUT2D eigenvalue weighted by molar-refractivity contribution is -0.116. The molecule has 33 heavy (non-hydrogen) atoms. The largest absolute Gasteiger partial charge is 0.462 e. The minimum atomic E-state index is -0.414. The van der Waals surface area contributed by atoms with Crippen LogP contribution in [0, 0.1) is 0 Å². The van der Waals surface area contributed by atoms with Crippen LogP contribution < -0.4 is 11.1 Å². The minimum absolute atomic E-state index is 0.0757. The second kappa shape index (κ2) is 10.2. The lowest BCUT2D eigenvalue weighted by Crippen LogP contribution is -2.20. The van der Waals surface area contributed by atoms with Crippen LogP contribution in [-0.2, 0) is 21.8 Å². The number of halogens is 1. The number of esters is 1. The molecule has 0 saturated carbocycles. The number of nitrogens with zero attached hydrogens (tertiary/aromatic N) is 4. The van der Waals surface area contributed by atoms with E-state index in [2.05, 4.69) is 20.5 Å². The fourth-order valence-corrected chi connectivity index (χ4v) is 5.03. The highest BCUT2D eigenvalue weighted by atomic mass is 35.5. The lowest BCUT2D eigenvalue weighted by Gasteiger charge is -2.08. The van der Waals surface area contributed by atoms with Gasteiger partial charge in [-0.15, -0.1) is 10.2 Å². The number of hydrogen-bond donors (Lipinski definition) is 2. The number of aromatic nitrogens is 4. The molecule has 2 aromatic heterocycles. The van der Waals surface area contributed by atoms with Gasteiger partial charge in [0.15, 0.2) is 10.3 Å². The number of nitrogen functional groups attached to an aromatic ring is 1. The normalized spacial score (nSPS) is 11.0. The Morgan fingerprint density at radius 2 is 2.06 bits per heavy atom. The minimum Gasteiger partial charge on any atom is -0.462 e. The maximum absolute atomic E-state index is 12.7. The first kappa shape index (κ1) is 23.0. The second-order valence-corrected chi connectivity index (χ2v) is 9.16. The fraction of sp³-hybridized carbons (Fsp3) is 0.190. The first-order valence-electron chi connectivity index (χ1n) is 9.87. The van der Waals surface area contributed by atoms with Gasteiger partial charge in [0.05, 0.1) is 22.4 Å². The molecular formula is C21H19ClN6O3S2. The number of amides is 1. The van der Waals surface area contributed by atoms with Gasteiger partial charge in [0.1, 0.15) is 6.54 Å². The van der Waals surface area contributed by atoms with Crippen molar-refractivity contribution in [2.24, 2.45) is 0 Å². The summed E-state index contributed by atoms with van der Waals surface area (Å²) in [5.74, 6) is -0.0519. The molecule has 0 unspecified atom stereocenters. The Balaban J connectivity index is 1.43. The van der Waals surface area contributed by atoms with Crippen molar-refractivity contribution >= 4 is 67.9 Å². The van der Waals surface area contributed by atoms with Crippen molar-refractivity contribution in [2.45, 2.75) is 24.4 Å². The fourth-order valence-electron chi connectivity index (χ4n) is 2.94. The monoisotopic (exact) mass is 502 g/mol.